The molecule has 0 aliphatic rings. The summed E-state index contributed by atoms with van der Waals surface area (Å²) in [6.45, 7) is 2.00. The van der Waals surface area contributed by atoms with Crippen LogP contribution in [-0.4, -0.2) is 12.1 Å². The molecule has 2 N–H and O–H groups in total. The quantitative estimate of drug-likeness (QED) is 0.803. The fourth-order valence-corrected chi connectivity index (χ4v) is 2.50. The van der Waals surface area contributed by atoms with Gasteiger partial charge in [0.25, 0.3) is 0 Å². The Labute approximate surface area is 127 Å². The number of benzene rings is 1. The van der Waals surface area contributed by atoms with Gasteiger partial charge in [0, 0.05) is 12.3 Å². The van der Waals surface area contributed by atoms with Crippen molar-refractivity contribution in [3.8, 4) is 17.0 Å². The van der Waals surface area contributed by atoms with E-state index in [0.29, 0.717) is 28.0 Å². The van der Waals surface area contributed by atoms with Crippen molar-refractivity contribution in [3.63, 3.8) is 0 Å². The number of aromatic nitrogens is 1. The Bertz CT molecular complexity index is 886. The van der Waals surface area contributed by atoms with Crippen LogP contribution in [0.4, 0.5) is 5.88 Å². The minimum Gasteiger partial charge on any atom is -0.496 e. The van der Waals surface area contributed by atoms with Crippen LogP contribution in [0.1, 0.15) is 12.5 Å². The van der Waals surface area contributed by atoms with Gasteiger partial charge in [-0.1, -0.05) is 13.0 Å². The molecule has 0 bridgehead atoms. The molecule has 1 aromatic carbocycles. The first-order valence-electron chi connectivity index (χ1n) is 7.00. The highest BCUT2D eigenvalue weighted by Crippen LogP contribution is 2.29. The van der Waals surface area contributed by atoms with Crippen molar-refractivity contribution in [3.05, 3.63) is 52.3 Å². The van der Waals surface area contributed by atoms with Gasteiger partial charge in [0.05, 0.1) is 18.2 Å². The molecule has 0 saturated heterocycles. The Morgan fingerprint density at radius 2 is 2.14 bits per heavy atom. The number of nitrogens with zero attached hydrogens (tertiary/aromatic N) is 1. The number of aryl methyl sites for hydroxylation is 1. The molecule has 2 heterocycles. The van der Waals surface area contributed by atoms with Gasteiger partial charge in [-0.25, -0.2) is 0 Å². The number of hydrogen-bond acceptors (Lipinski definition) is 5. The molecule has 22 heavy (non-hydrogen) atoms. The van der Waals surface area contributed by atoms with Crippen LogP contribution in [0.3, 0.4) is 0 Å². The van der Waals surface area contributed by atoms with Gasteiger partial charge in [0.2, 0.25) is 11.3 Å². The molecular formula is C17H16N2O3. The summed E-state index contributed by atoms with van der Waals surface area (Å²) in [6, 6.07) is 8.82. The van der Waals surface area contributed by atoms with Crippen LogP contribution in [0.5, 0.6) is 5.75 Å². The van der Waals surface area contributed by atoms with E-state index >= 15 is 0 Å². The van der Waals surface area contributed by atoms with Crippen molar-refractivity contribution >= 4 is 16.9 Å². The molecule has 5 nitrogen and oxygen atoms in total. The third-order valence-electron chi connectivity index (χ3n) is 3.62. The SMILES string of the molecule is CCc1cc2c(=O)c(-c3ccccn3)c(N)oc2cc1OC. The van der Waals surface area contributed by atoms with Gasteiger partial charge in [-0.15, -0.1) is 0 Å². The number of methoxy groups -OCH3 is 1. The average molecular weight is 296 g/mol. The summed E-state index contributed by atoms with van der Waals surface area (Å²) in [7, 11) is 1.59. The van der Waals surface area contributed by atoms with Gasteiger partial charge < -0.3 is 14.9 Å². The first-order chi connectivity index (χ1) is 10.7. The third-order valence-corrected chi connectivity index (χ3v) is 3.62. The predicted octanol–water partition coefficient (Wildman–Crippen LogP) is 3.01. The zero-order valence-corrected chi connectivity index (χ0v) is 12.4. The van der Waals surface area contributed by atoms with Gasteiger partial charge in [-0.05, 0) is 30.2 Å². The molecule has 0 fully saturated rings. The maximum absolute atomic E-state index is 12.8. The average Bonchev–Trinajstić information content (AvgIpc) is 2.54. The monoisotopic (exact) mass is 296 g/mol. The standard InChI is InChI=1S/C17H16N2O3/c1-3-10-8-11-14(9-13(10)21-2)22-17(18)15(16(11)20)12-6-4-5-7-19-12/h4-9H,3,18H2,1-2H3. The summed E-state index contributed by atoms with van der Waals surface area (Å²) < 4.78 is 11.0. The lowest BCUT2D eigenvalue weighted by Crippen LogP contribution is -2.10. The zero-order valence-electron chi connectivity index (χ0n) is 12.4. The number of hydrogen-bond donors (Lipinski definition) is 1. The fourth-order valence-electron chi connectivity index (χ4n) is 2.50. The third kappa shape index (κ3) is 2.20. The van der Waals surface area contributed by atoms with E-state index in [-0.39, 0.29) is 11.3 Å². The molecular weight excluding hydrogens is 280 g/mol. The van der Waals surface area contributed by atoms with Crippen LogP contribution in [0.2, 0.25) is 0 Å². The summed E-state index contributed by atoms with van der Waals surface area (Å²) in [5, 5.41) is 0.479. The normalized spacial score (nSPS) is 10.8. The number of nitrogens with two attached hydrogens (primary N) is 1. The molecule has 5 heteroatoms. The number of fused-ring (bicyclic) bond motifs is 1. The Morgan fingerprint density at radius 3 is 2.77 bits per heavy atom. The lowest BCUT2D eigenvalue weighted by molar-refractivity contribution is 0.410. The number of rotatable bonds is 3. The topological polar surface area (TPSA) is 78.4 Å². The Kier molecular flexibility index (Phi) is 3.55. The number of anilines is 1. The lowest BCUT2D eigenvalue weighted by Gasteiger charge is -2.10. The van der Waals surface area contributed by atoms with Gasteiger partial charge in [-0.3, -0.25) is 9.78 Å². The molecule has 0 aliphatic heterocycles. The summed E-state index contributed by atoms with van der Waals surface area (Å²) in [5.74, 6) is 0.741. The second-order valence-electron chi connectivity index (χ2n) is 4.90. The van der Waals surface area contributed by atoms with Crippen LogP contribution in [-0.2, 0) is 6.42 Å². The van der Waals surface area contributed by atoms with E-state index < -0.39 is 0 Å². The molecule has 0 saturated carbocycles. The van der Waals surface area contributed by atoms with Crippen LogP contribution in [0, 0.1) is 0 Å². The van der Waals surface area contributed by atoms with Crippen molar-refractivity contribution in [2.75, 3.05) is 12.8 Å². The lowest BCUT2D eigenvalue weighted by atomic mass is 10.0. The van der Waals surface area contributed by atoms with E-state index in [2.05, 4.69) is 4.98 Å². The Balaban J connectivity index is 2.36. The van der Waals surface area contributed by atoms with E-state index in [0.717, 1.165) is 12.0 Å². The van der Waals surface area contributed by atoms with E-state index in [1.54, 1.807) is 43.6 Å². The summed E-state index contributed by atoms with van der Waals surface area (Å²) in [6.07, 6.45) is 2.37. The van der Waals surface area contributed by atoms with Crippen LogP contribution in [0.25, 0.3) is 22.2 Å². The fraction of sp³-hybridized carbons (Fsp3) is 0.176. The second kappa shape index (κ2) is 5.52. The molecule has 0 unspecified atom stereocenters. The maximum atomic E-state index is 12.8. The predicted molar refractivity (Wildman–Crippen MR) is 86.1 cm³/mol. The van der Waals surface area contributed by atoms with E-state index in [1.807, 2.05) is 6.92 Å². The smallest absolute Gasteiger partial charge is 0.204 e. The van der Waals surface area contributed by atoms with E-state index in [9.17, 15) is 4.79 Å². The first kappa shape index (κ1) is 14.1. The molecule has 0 aliphatic carbocycles. The minimum absolute atomic E-state index is 0.0579. The van der Waals surface area contributed by atoms with Crippen molar-refractivity contribution in [2.24, 2.45) is 0 Å². The van der Waals surface area contributed by atoms with E-state index in [1.165, 1.54) is 0 Å². The van der Waals surface area contributed by atoms with Crippen LogP contribution < -0.4 is 15.9 Å². The molecule has 3 aromatic rings. The highest BCUT2D eigenvalue weighted by atomic mass is 16.5. The number of ether oxygens (including phenoxy) is 1. The maximum Gasteiger partial charge on any atom is 0.204 e. The molecule has 0 spiro atoms. The Hall–Kier alpha value is -2.82. The molecule has 112 valence electrons. The summed E-state index contributed by atoms with van der Waals surface area (Å²) in [5.41, 5.74) is 7.90. The summed E-state index contributed by atoms with van der Waals surface area (Å²) in [4.78, 5) is 17.0. The van der Waals surface area contributed by atoms with Crippen LogP contribution in [0.15, 0.2) is 45.7 Å². The molecule has 0 amide bonds. The van der Waals surface area contributed by atoms with Crippen LogP contribution >= 0.6 is 0 Å². The number of nitrogen functional groups attached to an aromatic ring is 1. The van der Waals surface area contributed by atoms with Gasteiger partial charge in [0.1, 0.15) is 16.9 Å². The minimum atomic E-state index is -0.185. The highest BCUT2D eigenvalue weighted by Gasteiger charge is 2.17. The first-order valence-corrected chi connectivity index (χ1v) is 7.00. The van der Waals surface area contributed by atoms with Crippen molar-refractivity contribution in [1.29, 1.82) is 0 Å². The van der Waals surface area contributed by atoms with Crippen molar-refractivity contribution in [2.45, 2.75) is 13.3 Å². The zero-order chi connectivity index (χ0) is 15.7. The Morgan fingerprint density at radius 1 is 1.32 bits per heavy atom. The molecule has 0 atom stereocenters. The van der Waals surface area contributed by atoms with E-state index in [4.69, 9.17) is 14.9 Å². The number of pyridine rings is 1. The highest BCUT2D eigenvalue weighted by molar-refractivity contribution is 5.86. The summed E-state index contributed by atoms with van der Waals surface area (Å²) >= 11 is 0. The molecule has 2 aromatic heterocycles. The molecule has 3 rings (SSSR count). The largest absolute Gasteiger partial charge is 0.496 e. The van der Waals surface area contributed by atoms with Gasteiger partial charge in [0.15, 0.2) is 0 Å². The van der Waals surface area contributed by atoms with Crippen molar-refractivity contribution in [1.82, 2.24) is 4.98 Å². The second-order valence-corrected chi connectivity index (χ2v) is 4.90. The van der Waals surface area contributed by atoms with Gasteiger partial charge in [-0.2, -0.15) is 0 Å². The van der Waals surface area contributed by atoms with Crippen molar-refractivity contribution < 1.29 is 9.15 Å². The molecule has 0 radical (unpaired) electrons. The van der Waals surface area contributed by atoms with Gasteiger partial charge >= 0.3 is 0 Å².